The van der Waals surface area contributed by atoms with Gasteiger partial charge in [-0.25, -0.2) is 15.0 Å². The number of carbonyl (C=O) groups excluding carboxylic acids is 1. The third-order valence-corrected chi connectivity index (χ3v) is 6.91. The molecule has 0 atom stereocenters. The number of nitrogens with one attached hydrogen (secondary N) is 2. The fourth-order valence-electron chi connectivity index (χ4n) is 4.24. The van der Waals surface area contributed by atoms with Crippen molar-refractivity contribution in [2.75, 3.05) is 44.2 Å². The monoisotopic (exact) mass is 525 g/mol. The van der Waals surface area contributed by atoms with E-state index in [0.717, 1.165) is 45.1 Å². The van der Waals surface area contributed by atoms with Crippen LogP contribution in [-0.4, -0.2) is 75.1 Å². The van der Waals surface area contributed by atoms with Crippen molar-refractivity contribution in [1.82, 2.24) is 30.2 Å². The van der Waals surface area contributed by atoms with Crippen LogP contribution in [-0.2, 0) is 0 Å². The van der Waals surface area contributed by atoms with Crippen LogP contribution in [0.25, 0.3) is 22.4 Å². The van der Waals surface area contributed by atoms with Crippen LogP contribution in [0, 0.1) is 0 Å². The Balaban J connectivity index is 1.11. The number of aromatic amines is 1. The SMILES string of the molecule is O=C(NCCCN1CCN(c2ncccn2)CC1)c1ccc(-c2nc3cc(Cl)c(Cl)cc3[nH]2)c(O)c1. The first-order valence-electron chi connectivity index (χ1n) is 11.7. The average molecular weight is 526 g/mol. The Morgan fingerprint density at radius 1 is 1.06 bits per heavy atom. The zero-order valence-corrected chi connectivity index (χ0v) is 20.9. The molecule has 0 bridgehead atoms. The molecule has 2 aromatic carbocycles. The number of phenolic OH excluding ortho intramolecular Hbond substituents is 1. The van der Waals surface area contributed by atoms with Crippen molar-refractivity contribution in [1.29, 1.82) is 0 Å². The van der Waals surface area contributed by atoms with Gasteiger partial charge in [0.15, 0.2) is 0 Å². The number of amides is 1. The van der Waals surface area contributed by atoms with Gasteiger partial charge in [-0.2, -0.15) is 0 Å². The van der Waals surface area contributed by atoms with Crippen LogP contribution in [0.1, 0.15) is 16.8 Å². The number of benzene rings is 2. The van der Waals surface area contributed by atoms with Crippen molar-refractivity contribution >= 4 is 46.1 Å². The van der Waals surface area contributed by atoms with Gasteiger partial charge in [-0.1, -0.05) is 23.2 Å². The molecule has 0 spiro atoms. The van der Waals surface area contributed by atoms with E-state index in [4.69, 9.17) is 23.2 Å². The molecule has 36 heavy (non-hydrogen) atoms. The first-order chi connectivity index (χ1) is 17.5. The molecule has 11 heteroatoms. The summed E-state index contributed by atoms with van der Waals surface area (Å²) in [5.74, 6) is 0.963. The number of aromatic hydroxyl groups is 1. The van der Waals surface area contributed by atoms with Crippen LogP contribution in [0.4, 0.5) is 5.95 Å². The molecule has 0 radical (unpaired) electrons. The summed E-state index contributed by atoms with van der Waals surface area (Å²) in [7, 11) is 0. The number of hydrogen-bond donors (Lipinski definition) is 3. The number of phenols is 1. The molecule has 4 aromatic rings. The Bertz CT molecular complexity index is 1330. The van der Waals surface area contributed by atoms with Crippen molar-refractivity contribution in [2.24, 2.45) is 0 Å². The summed E-state index contributed by atoms with van der Waals surface area (Å²) in [5, 5.41) is 14.3. The number of aromatic nitrogens is 4. The summed E-state index contributed by atoms with van der Waals surface area (Å²) in [6, 6.07) is 9.95. The van der Waals surface area contributed by atoms with E-state index in [9.17, 15) is 9.90 Å². The lowest BCUT2D eigenvalue weighted by atomic mass is 10.1. The van der Waals surface area contributed by atoms with Gasteiger partial charge < -0.3 is 20.3 Å². The minimum atomic E-state index is -0.230. The van der Waals surface area contributed by atoms with Crippen LogP contribution in [0.2, 0.25) is 10.0 Å². The molecule has 3 N–H and O–H groups in total. The highest BCUT2D eigenvalue weighted by Crippen LogP contribution is 2.32. The van der Waals surface area contributed by atoms with E-state index < -0.39 is 0 Å². The molecule has 2 aromatic heterocycles. The molecule has 1 fully saturated rings. The highest BCUT2D eigenvalue weighted by atomic mass is 35.5. The number of nitrogens with zero attached hydrogens (tertiary/aromatic N) is 5. The third kappa shape index (κ3) is 5.38. The number of piperazine rings is 1. The minimum Gasteiger partial charge on any atom is -0.507 e. The number of hydrogen-bond acceptors (Lipinski definition) is 7. The summed E-state index contributed by atoms with van der Waals surface area (Å²) in [5.41, 5.74) is 2.20. The van der Waals surface area contributed by atoms with Gasteiger partial charge in [0.05, 0.1) is 26.6 Å². The minimum absolute atomic E-state index is 0.0424. The Labute approximate surface area is 218 Å². The number of rotatable bonds is 7. The van der Waals surface area contributed by atoms with Crippen LogP contribution >= 0.6 is 23.2 Å². The van der Waals surface area contributed by atoms with Gasteiger partial charge in [0.1, 0.15) is 11.6 Å². The van der Waals surface area contributed by atoms with Crippen molar-refractivity contribution in [3.63, 3.8) is 0 Å². The molecule has 1 aliphatic rings. The van der Waals surface area contributed by atoms with Crippen LogP contribution in [0.3, 0.4) is 0 Å². The van der Waals surface area contributed by atoms with Gasteiger partial charge in [-0.3, -0.25) is 9.69 Å². The predicted molar refractivity (Wildman–Crippen MR) is 141 cm³/mol. The van der Waals surface area contributed by atoms with Gasteiger partial charge in [0, 0.05) is 50.7 Å². The molecule has 0 unspecified atom stereocenters. The summed E-state index contributed by atoms with van der Waals surface area (Å²) in [4.78, 5) is 33.4. The van der Waals surface area contributed by atoms with Crippen molar-refractivity contribution < 1.29 is 9.90 Å². The Hall–Kier alpha value is -3.40. The highest BCUT2D eigenvalue weighted by molar-refractivity contribution is 6.42. The number of halogens is 2. The second-order valence-electron chi connectivity index (χ2n) is 8.59. The van der Waals surface area contributed by atoms with Crippen LogP contribution < -0.4 is 10.2 Å². The Morgan fingerprint density at radius 2 is 1.81 bits per heavy atom. The summed E-state index contributed by atoms with van der Waals surface area (Å²) < 4.78 is 0. The number of imidazole rings is 1. The van der Waals surface area contributed by atoms with Gasteiger partial charge in [0.25, 0.3) is 5.91 Å². The van der Waals surface area contributed by atoms with E-state index >= 15 is 0 Å². The highest BCUT2D eigenvalue weighted by Gasteiger charge is 2.18. The summed E-state index contributed by atoms with van der Waals surface area (Å²) in [6.07, 6.45) is 4.36. The van der Waals surface area contributed by atoms with E-state index in [-0.39, 0.29) is 11.7 Å². The molecule has 9 nitrogen and oxygen atoms in total. The van der Waals surface area contributed by atoms with Crippen molar-refractivity contribution in [2.45, 2.75) is 6.42 Å². The van der Waals surface area contributed by atoms with E-state index in [2.05, 4.69) is 35.1 Å². The number of H-pyrrole nitrogens is 1. The standard InChI is InChI=1S/C25H25Cl2N7O2/c26-18-14-20-21(15-19(18)27)32-23(31-20)17-4-3-16(13-22(17)35)24(36)28-7-2-8-33-9-11-34(12-10-33)25-29-5-1-6-30-25/h1,3-6,13-15,35H,2,7-12H2,(H,28,36)(H,31,32). The first kappa shape index (κ1) is 24.3. The maximum atomic E-state index is 12.6. The number of carbonyl (C=O) groups is 1. The molecule has 5 rings (SSSR count). The average Bonchev–Trinajstić information content (AvgIpc) is 3.29. The van der Waals surface area contributed by atoms with Crippen LogP contribution in [0.15, 0.2) is 48.8 Å². The Kier molecular flexibility index (Phi) is 7.22. The van der Waals surface area contributed by atoms with E-state index in [1.54, 1.807) is 36.7 Å². The largest absolute Gasteiger partial charge is 0.507 e. The normalized spacial score (nSPS) is 14.3. The fourth-order valence-corrected chi connectivity index (χ4v) is 4.56. The molecule has 0 saturated carbocycles. The van der Waals surface area contributed by atoms with E-state index in [1.165, 1.54) is 6.07 Å². The van der Waals surface area contributed by atoms with E-state index in [0.29, 0.717) is 44.6 Å². The zero-order valence-electron chi connectivity index (χ0n) is 19.4. The maximum absolute atomic E-state index is 12.6. The van der Waals surface area contributed by atoms with Gasteiger partial charge in [-0.05, 0) is 49.4 Å². The lowest BCUT2D eigenvalue weighted by Crippen LogP contribution is -2.47. The summed E-state index contributed by atoms with van der Waals surface area (Å²) >= 11 is 12.1. The lowest BCUT2D eigenvalue weighted by molar-refractivity contribution is 0.0951. The van der Waals surface area contributed by atoms with Crippen LogP contribution in [0.5, 0.6) is 5.75 Å². The lowest BCUT2D eigenvalue weighted by Gasteiger charge is -2.34. The van der Waals surface area contributed by atoms with Gasteiger partial charge >= 0.3 is 0 Å². The fraction of sp³-hybridized carbons (Fsp3) is 0.280. The molecule has 1 saturated heterocycles. The number of fused-ring (bicyclic) bond motifs is 1. The molecule has 0 aliphatic carbocycles. The van der Waals surface area contributed by atoms with Crippen molar-refractivity contribution in [3.8, 4) is 17.1 Å². The quantitative estimate of drug-likeness (QED) is 0.313. The van der Waals surface area contributed by atoms with E-state index in [1.807, 2.05) is 6.07 Å². The van der Waals surface area contributed by atoms with Crippen molar-refractivity contribution in [3.05, 3.63) is 64.4 Å². The zero-order chi connectivity index (χ0) is 25.1. The second kappa shape index (κ2) is 10.7. The molecule has 3 heterocycles. The Morgan fingerprint density at radius 3 is 2.56 bits per heavy atom. The molecule has 1 aliphatic heterocycles. The number of anilines is 1. The second-order valence-corrected chi connectivity index (χ2v) is 9.40. The van der Waals surface area contributed by atoms with Gasteiger partial charge in [0.2, 0.25) is 5.95 Å². The predicted octanol–water partition coefficient (Wildman–Crippen LogP) is 3.97. The maximum Gasteiger partial charge on any atom is 0.251 e. The third-order valence-electron chi connectivity index (χ3n) is 6.18. The molecular weight excluding hydrogens is 501 g/mol. The molecule has 1 amide bonds. The van der Waals surface area contributed by atoms with Gasteiger partial charge in [-0.15, -0.1) is 0 Å². The summed E-state index contributed by atoms with van der Waals surface area (Å²) in [6.45, 7) is 5.08. The molecule has 186 valence electrons. The topological polar surface area (TPSA) is 110 Å². The first-order valence-corrected chi connectivity index (χ1v) is 12.4. The smallest absolute Gasteiger partial charge is 0.251 e. The molecular formula is C25H25Cl2N7O2.